The number of nitrogens with one attached hydrogen (secondary N) is 9. The quantitative estimate of drug-likeness (QED) is 0.0178. The van der Waals surface area contributed by atoms with E-state index in [-0.39, 0.29) is 144 Å². The first-order valence-corrected chi connectivity index (χ1v) is 45.0. The van der Waals surface area contributed by atoms with Crippen LogP contribution in [0, 0.1) is 11.6 Å². The van der Waals surface area contributed by atoms with Gasteiger partial charge in [-0.25, -0.2) is 28.0 Å². The molecule has 8 heterocycles. The zero-order valence-corrected chi connectivity index (χ0v) is 78.7. The lowest BCUT2D eigenvalue weighted by molar-refractivity contribution is -0.119. The molecule has 0 aliphatic carbocycles. The molecule has 0 spiro atoms. The highest BCUT2D eigenvalue weighted by Crippen LogP contribution is 2.44. The topological polar surface area (TPSA) is 500 Å². The molecule has 0 fully saturated rings. The SMILES string of the molecule is COc1ccc2c(c1)n(C)c(=O)n2CCCC(C)(C)NCC(O)c1cc(O)cc2c1OCC(=O)N2.COc1cccc2c1[nH]c(=O)n2CCCC(C)(C)NCC(O)c1cc(O)cc2c1OCC(=O)N2.Cn1c(=O)n(CCCC(C)(C)NCC(O)c2cc(O)cc3c2OCC(=O)N3)c2c(F)cccc21.Cn1c(=O)n(CCCC(C)(C)NCC(O)c2cc(O)cc3c2OCC(=O)N3)c2cc(F)ccc21. The van der Waals surface area contributed by atoms with Crippen molar-refractivity contribution >= 4 is 90.5 Å². The molecule has 17 N–H and O–H groups in total. The molecular weight excluding hydrogens is 1780 g/mol. The molecule has 734 valence electrons. The lowest BCUT2D eigenvalue weighted by Crippen LogP contribution is -2.42. The molecule has 4 aliphatic rings. The van der Waals surface area contributed by atoms with Crippen molar-refractivity contribution in [1.82, 2.24) is 58.2 Å². The van der Waals surface area contributed by atoms with Crippen LogP contribution in [0.1, 0.15) is 153 Å². The van der Waals surface area contributed by atoms with Crippen LogP contribution in [0.25, 0.3) is 44.1 Å². The molecule has 0 radical (unpaired) electrons. The molecule has 4 unspecified atom stereocenters. The summed E-state index contributed by atoms with van der Waals surface area (Å²) in [5, 5.41) is 107. The second-order valence-electron chi connectivity index (χ2n) is 37.0. The average molecular weight is 1900 g/mol. The number of aryl methyl sites for hydroxylation is 7. The van der Waals surface area contributed by atoms with Crippen molar-refractivity contribution in [2.24, 2.45) is 21.1 Å². The lowest BCUT2D eigenvalue weighted by atomic mass is 9.97. The number of aromatic amines is 1. The Morgan fingerprint density at radius 2 is 0.730 bits per heavy atom. The minimum absolute atomic E-state index is 0.0685. The monoisotopic (exact) mass is 1900 g/mol. The number of H-pyrrole nitrogens is 1. The van der Waals surface area contributed by atoms with Crippen LogP contribution in [-0.2, 0) is 66.5 Å². The van der Waals surface area contributed by atoms with Crippen LogP contribution >= 0.6 is 0 Å². The van der Waals surface area contributed by atoms with Crippen molar-refractivity contribution in [1.29, 1.82) is 0 Å². The first-order valence-electron chi connectivity index (χ1n) is 45.0. The van der Waals surface area contributed by atoms with E-state index in [0.717, 1.165) is 42.2 Å². The van der Waals surface area contributed by atoms with Gasteiger partial charge in [0.2, 0.25) is 0 Å². The minimum atomic E-state index is -0.995. The molecule has 4 atom stereocenters. The Labute approximate surface area is 785 Å². The number of phenolic OH excluding ortho intramolecular Hbond substituents is 4. The van der Waals surface area contributed by atoms with Crippen LogP contribution in [0.2, 0.25) is 0 Å². The summed E-state index contributed by atoms with van der Waals surface area (Å²) in [6.45, 7) is 18.1. The number of ether oxygens (including phenoxy) is 6. The van der Waals surface area contributed by atoms with Gasteiger partial charge in [0, 0.05) is 148 Å². The number of para-hydroxylation sites is 2. The van der Waals surface area contributed by atoms with Crippen LogP contribution in [0.3, 0.4) is 0 Å². The maximum atomic E-state index is 14.4. The van der Waals surface area contributed by atoms with Gasteiger partial charge in [-0.3, -0.25) is 51.1 Å². The number of aliphatic hydroxyl groups is 4. The van der Waals surface area contributed by atoms with E-state index in [1.807, 2.05) is 91.8 Å². The Bertz CT molecular complexity index is 6760. The molecule has 137 heavy (non-hydrogen) atoms. The van der Waals surface area contributed by atoms with Crippen molar-refractivity contribution in [2.75, 3.05) is 88.1 Å². The molecule has 0 saturated heterocycles. The van der Waals surface area contributed by atoms with E-state index in [1.165, 1.54) is 80.4 Å². The van der Waals surface area contributed by atoms with E-state index < -0.39 is 35.8 Å². The number of amides is 4. The second kappa shape index (κ2) is 42.3. The molecule has 40 heteroatoms. The summed E-state index contributed by atoms with van der Waals surface area (Å²) in [4.78, 5) is 99.5. The summed E-state index contributed by atoms with van der Waals surface area (Å²) < 4.78 is 71.7. The maximum absolute atomic E-state index is 14.4. The minimum Gasteiger partial charge on any atom is -0.508 e. The van der Waals surface area contributed by atoms with E-state index in [4.69, 9.17) is 28.4 Å². The predicted octanol–water partition coefficient (Wildman–Crippen LogP) is 9.32. The number of benzene rings is 8. The third-order valence-electron chi connectivity index (χ3n) is 24.7. The van der Waals surface area contributed by atoms with Gasteiger partial charge < -0.3 is 117 Å². The fraction of sp³-hybridized carbons (Fsp3) is 0.423. The fourth-order valence-electron chi connectivity index (χ4n) is 17.4. The van der Waals surface area contributed by atoms with Crippen molar-refractivity contribution in [3.05, 3.63) is 197 Å². The second-order valence-corrected chi connectivity index (χ2v) is 37.0. The molecule has 0 bridgehead atoms. The van der Waals surface area contributed by atoms with Crippen LogP contribution in [0.15, 0.2) is 141 Å². The van der Waals surface area contributed by atoms with Crippen LogP contribution in [0.5, 0.6) is 57.5 Å². The first kappa shape index (κ1) is 101. The van der Waals surface area contributed by atoms with Crippen LogP contribution in [0.4, 0.5) is 31.5 Å². The van der Waals surface area contributed by atoms with Gasteiger partial charge in [-0.1, -0.05) is 12.1 Å². The number of aliphatic hydroxyl groups excluding tert-OH is 4. The predicted molar refractivity (Wildman–Crippen MR) is 511 cm³/mol. The highest BCUT2D eigenvalue weighted by atomic mass is 19.1. The van der Waals surface area contributed by atoms with Crippen molar-refractivity contribution in [3.8, 4) is 57.5 Å². The Morgan fingerprint density at radius 1 is 0.387 bits per heavy atom. The zero-order valence-electron chi connectivity index (χ0n) is 78.7. The van der Waals surface area contributed by atoms with Gasteiger partial charge in [0.15, 0.2) is 26.4 Å². The van der Waals surface area contributed by atoms with Crippen LogP contribution < -0.4 is 93.7 Å². The summed E-state index contributed by atoms with van der Waals surface area (Å²) >= 11 is 0. The van der Waals surface area contributed by atoms with E-state index in [9.17, 15) is 88.0 Å². The van der Waals surface area contributed by atoms with E-state index >= 15 is 0 Å². The number of carbonyl (C=O) groups excluding carboxylic acids is 4. The third-order valence-corrected chi connectivity index (χ3v) is 24.7. The number of anilines is 4. The van der Waals surface area contributed by atoms with E-state index in [1.54, 1.807) is 71.8 Å². The highest BCUT2D eigenvalue weighted by molar-refractivity contribution is 5.98. The van der Waals surface area contributed by atoms with Crippen molar-refractivity contribution in [2.45, 2.75) is 180 Å². The Kier molecular flexibility index (Phi) is 31.1. The van der Waals surface area contributed by atoms with Gasteiger partial charge in [0.25, 0.3) is 23.6 Å². The molecule has 4 aromatic heterocycles. The Hall–Kier alpha value is -13.7. The van der Waals surface area contributed by atoms with Gasteiger partial charge in [-0.05, 0) is 186 Å². The summed E-state index contributed by atoms with van der Waals surface area (Å²) in [5.41, 5.74) is 5.98. The van der Waals surface area contributed by atoms with Crippen molar-refractivity contribution < 1.29 is 97.2 Å². The number of fused-ring (bicyclic) bond motifs is 8. The maximum Gasteiger partial charge on any atom is 0.328 e. The number of imidazole rings is 4. The summed E-state index contributed by atoms with van der Waals surface area (Å²) in [7, 11) is 8.22. The Morgan fingerprint density at radius 3 is 1.12 bits per heavy atom. The number of rotatable bonds is 34. The highest BCUT2D eigenvalue weighted by Gasteiger charge is 2.33. The molecule has 38 nitrogen and oxygen atoms in total. The summed E-state index contributed by atoms with van der Waals surface area (Å²) in [6, 6.07) is 31.4. The zero-order chi connectivity index (χ0) is 99.0. The lowest BCUT2D eigenvalue weighted by Gasteiger charge is -2.29. The summed E-state index contributed by atoms with van der Waals surface area (Å²) in [6.07, 6.45) is 1.68. The molecule has 16 rings (SSSR count). The van der Waals surface area contributed by atoms with Gasteiger partial charge in [-0.15, -0.1) is 0 Å². The first-order chi connectivity index (χ1) is 64.9. The number of carbonyl (C=O) groups is 4. The smallest absolute Gasteiger partial charge is 0.328 e. The molecule has 12 aromatic rings. The number of β-amino-alcohol motifs (C(OH)–C–C–N with tert-alkyl or cyclic N) is 4. The normalized spacial score (nSPS) is 14.5. The number of aromatic hydroxyl groups is 4. The number of hydrogen-bond acceptors (Lipinski definition) is 26. The van der Waals surface area contributed by atoms with Crippen LogP contribution in [-0.4, -0.2) is 190 Å². The number of aromatic nitrogens is 8. The average Bonchev–Trinajstić information content (AvgIpc) is 1.58. The fourth-order valence-corrected chi connectivity index (χ4v) is 17.4. The molecule has 4 amide bonds. The summed E-state index contributed by atoms with van der Waals surface area (Å²) in [5.74, 6) is 0.307. The van der Waals surface area contributed by atoms with Gasteiger partial charge in [0.1, 0.15) is 80.2 Å². The Balaban J connectivity index is 0.000000154. The standard InChI is InChI=1S/C25H32N4O6.2C24H29FN4O5.C24H30N4O6/c1-25(2,8-5-9-29-19-7-6-16(34-4)12-20(19)28(3)24(29)33)26-13-21(31)17-10-15(30)11-18-23(17)35-14-22(32)27-18;1-24(2,7-4-8-29-19-9-14(25)5-6-18(19)28(3)23(29)33)26-12-20(31)16-10-15(30)11-17-22(16)34-13-21(32)27-17;1-24(2,8-5-9-29-21-16(25)6-4-7-18(21)28(3)23(29)33)26-12-19(31)15-10-14(30)11-17-22(15)34-13-20(32)27-17;1-24(2,8-5-9-28-17-6-4-7-19(33-3)21(17)27-23(28)32)25-12-18(30)15-10-14(29)11-16-22(15)34-13-20(31)26-16/h6-7,10-12,21,26,30-31H,5,8-9,13-14H2,1-4H3,(H,27,32);5-6,9-11,20,26,30-31H,4,7-8,12-13H2,1-3H3,(H,27,32);4,6-7,10-11,19,26,30-31H,5,8-9,12-13H2,1-3H3,(H,27,32);4,6-7,10-11,18,25,29-30H,5,8-9,12-13H2,1-3H3,(H,26,31)(H,27,32). The molecule has 4 aliphatic heterocycles. The van der Waals surface area contributed by atoms with Gasteiger partial charge >= 0.3 is 22.8 Å². The number of methoxy groups -OCH3 is 2. The number of nitrogens with zero attached hydrogens (tertiary/aromatic N) is 7. The van der Waals surface area contributed by atoms with E-state index in [2.05, 4.69) is 47.5 Å². The van der Waals surface area contributed by atoms with Gasteiger partial charge in [-0.2, -0.15) is 0 Å². The molecule has 0 saturated carbocycles. The number of hydrogen-bond donors (Lipinski definition) is 17. The molecular formula is C97H120F2N16O22. The number of phenols is 4. The van der Waals surface area contributed by atoms with Gasteiger partial charge in [0.05, 0.1) is 94.5 Å². The number of halogens is 2. The molecule has 8 aromatic carbocycles. The van der Waals surface area contributed by atoms with Crippen molar-refractivity contribution in [3.63, 3.8) is 0 Å². The van der Waals surface area contributed by atoms with E-state index in [0.29, 0.717) is 159 Å². The largest absolute Gasteiger partial charge is 0.508 e. The third kappa shape index (κ3) is 23.9.